The van der Waals surface area contributed by atoms with Gasteiger partial charge in [-0.2, -0.15) is 5.26 Å². The Morgan fingerprint density at radius 2 is 1.80 bits per heavy atom. The molecule has 1 aliphatic carbocycles. The normalized spacial score (nSPS) is 34.8. The van der Waals surface area contributed by atoms with Crippen LogP contribution in [0.15, 0.2) is 24.3 Å². The van der Waals surface area contributed by atoms with Gasteiger partial charge in [0, 0.05) is 51.2 Å². The van der Waals surface area contributed by atoms with Gasteiger partial charge in [-0.05, 0) is 37.0 Å². The van der Waals surface area contributed by atoms with E-state index in [9.17, 15) is 24.6 Å². The van der Waals surface area contributed by atoms with Crippen molar-refractivity contribution in [1.29, 1.82) is 5.26 Å². The second-order valence-electron chi connectivity index (χ2n) is 11.9. The van der Waals surface area contributed by atoms with E-state index in [2.05, 4.69) is 16.3 Å². The molecule has 7 atom stereocenters. The average Bonchev–Trinajstić information content (AvgIpc) is 3.70. The molecule has 3 N–H and O–H groups in total. The lowest BCUT2D eigenvalue weighted by atomic mass is 10.0. The Morgan fingerprint density at radius 1 is 1.05 bits per heavy atom. The zero-order chi connectivity index (χ0) is 28.7. The molecule has 6 bridgehead atoms. The number of carbonyl (C=O) groups excluding carboxylic acids is 3. The lowest BCUT2D eigenvalue weighted by Crippen LogP contribution is -2.55. The molecule has 12 nitrogen and oxygen atoms in total. The molecule has 0 unspecified atom stereocenters. The summed E-state index contributed by atoms with van der Waals surface area (Å²) >= 11 is 0. The number of aliphatic hydroxyl groups excluding tert-OH is 2. The molecule has 4 saturated heterocycles. The van der Waals surface area contributed by atoms with Crippen LogP contribution in [0.2, 0.25) is 0 Å². The largest absolute Gasteiger partial charge is 0.388 e. The van der Waals surface area contributed by atoms with Crippen LogP contribution in [0.3, 0.4) is 0 Å². The topological polar surface area (TPSA) is 156 Å². The molecule has 0 spiro atoms. The second-order valence-corrected chi connectivity index (χ2v) is 11.9. The van der Waals surface area contributed by atoms with Crippen molar-refractivity contribution in [3.63, 3.8) is 0 Å². The van der Waals surface area contributed by atoms with Crippen LogP contribution in [-0.4, -0.2) is 125 Å². The summed E-state index contributed by atoms with van der Waals surface area (Å²) in [5.74, 6) is -0.483. The minimum absolute atomic E-state index is 0.0369. The van der Waals surface area contributed by atoms with Crippen molar-refractivity contribution in [1.82, 2.24) is 20.0 Å². The van der Waals surface area contributed by atoms with Gasteiger partial charge in [0.2, 0.25) is 17.7 Å². The third-order valence-corrected chi connectivity index (χ3v) is 8.88. The SMILES string of the molecule is N#Cc1ccc(CN2C[C@@H]3C[C@H]2C(=O)N2CCO[C@H](CN(C(=O)C4CC4)C[C@H]4O[C@@H](CC(=O)N3)[C@H](O)[C@@H]4O)C2)cc1. The molecule has 5 aliphatic rings. The summed E-state index contributed by atoms with van der Waals surface area (Å²) in [6, 6.07) is 8.61. The third-order valence-electron chi connectivity index (χ3n) is 8.88. The summed E-state index contributed by atoms with van der Waals surface area (Å²) < 4.78 is 12.0. The quantitative estimate of drug-likeness (QED) is 0.416. The number of hydrogen-bond donors (Lipinski definition) is 3. The van der Waals surface area contributed by atoms with E-state index in [0.29, 0.717) is 44.8 Å². The fourth-order valence-corrected chi connectivity index (χ4v) is 6.52. The Hall–Kier alpha value is -3.08. The van der Waals surface area contributed by atoms with E-state index in [1.807, 2.05) is 12.1 Å². The van der Waals surface area contributed by atoms with E-state index >= 15 is 0 Å². The number of hydrogen-bond acceptors (Lipinski definition) is 9. The van der Waals surface area contributed by atoms with Gasteiger partial charge in [-0.3, -0.25) is 19.3 Å². The highest BCUT2D eigenvalue weighted by atomic mass is 16.5. The number of benzene rings is 1. The van der Waals surface area contributed by atoms with Gasteiger partial charge in [0.05, 0.1) is 42.9 Å². The van der Waals surface area contributed by atoms with Gasteiger partial charge in [0.15, 0.2) is 0 Å². The van der Waals surface area contributed by atoms with E-state index in [4.69, 9.17) is 14.7 Å². The van der Waals surface area contributed by atoms with E-state index in [1.54, 1.807) is 21.9 Å². The summed E-state index contributed by atoms with van der Waals surface area (Å²) in [5, 5.41) is 33.6. The average molecular weight is 568 g/mol. The number of amides is 3. The van der Waals surface area contributed by atoms with Gasteiger partial charge in [0.1, 0.15) is 18.3 Å². The molecule has 5 fully saturated rings. The van der Waals surface area contributed by atoms with Gasteiger partial charge in [-0.15, -0.1) is 0 Å². The molecule has 3 amide bonds. The monoisotopic (exact) mass is 567 g/mol. The van der Waals surface area contributed by atoms with Gasteiger partial charge in [0.25, 0.3) is 0 Å². The predicted octanol–water partition coefficient (Wildman–Crippen LogP) is -1.02. The van der Waals surface area contributed by atoms with Crippen molar-refractivity contribution in [3.05, 3.63) is 35.4 Å². The number of morpholine rings is 1. The number of fused-ring (bicyclic) bond motifs is 6. The maximum absolute atomic E-state index is 13.9. The van der Waals surface area contributed by atoms with Crippen LogP contribution >= 0.6 is 0 Å². The molecule has 12 heteroatoms. The number of ether oxygens (including phenoxy) is 2. The first-order valence-corrected chi connectivity index (χ1v) is 14.5. The van der Waals surface area contributed by atoms with Crippen molar-refractivity contribution in [3.8, 4) is 6.07 Å². The first kappa shape index (κ1) is 28.1. The zero-order valence-corrected chi connectivity index (χ0v) is 22.9. The summed E-state index contributed by atoms with van der Waals surface area (Å²) in [6.07, 6.45) is -2.73. The van der Waals surface area contributed by atoms with Crippen molar-refractivity contribution in [2.24, 2.45) is 5.92 Å². The molecule has 4 heterocycles. The van der Waals surface area contributed by atoms with Crippen molar-refractivity contribution in [2.75, 3.05) is 39.3 Å². The summed E-state index contributed by atoms with van der Waals surface area (Å²) in [4.78, 5) is 45.7. The first-order chi connectivity index (χ1) is 19.8. The fraction of sp³-hybridized carbons (Fsp3) is 0.655. The van der Waals surface area contributed by atoms with Gasteiger partial charge in [-0.25, -0.2) is 0 Å². The van der Waals surface area contributed by atoms with Crippen LogP contribution < -0.4 is 5.32 Å². The van der Waals surface area contributed by atoms with Gasteiger partial charge < -0.3 is 34.8 Å². The van der Waals surface area contributed by atoms with Crippen molar-refractivity contribution in [2.45, 2.75) is 74.8 Å². The molecular weight excluding hydrogens is 530 g/mol. The fourth-order valence-electron chi connectivity index (χ4n) is 6.52. The minimum atomic E-state index is -1.26. The maximum atomic E-state index is 13.9. The van der Waals surface area contributed by atoms with Crippen LogP contribution in [0, 0.1) is 17.2 Å². The minimum Gasteiger partial charge on any atom is -0.388 e. The van der Waals surface area contributed by atoms with Crippen LogP contribution in [-0.2, 0) is 30.4 Å². The lowest BCUT2D eigenvalue weighted by molar-refractivity contribution is -0.147. The van der Waals surface area contributed by atoms with E-state index in [0.717, 1.165) is 18.4 Å². The van der Waals surface area contributed by atoms with E-state index in [1.165, 1.54) is 0 Å². The zero-order valence-electron chi connectivity index (χ0n) is 22.9. The summed E-state index contributed by atoms with van der Waals surface area (Å²) in [5.41, 5.74) is 1.51. The highest BCUT2D eigenvalue weighted by Crippen LogP contribution is 2.33. The number of carbonyl (C=O) groups is 3. The van der Waals surface area contributed by atoms with Crippen molar-refractivity contribution >= 4 is 17.7 Å². The third kappa shape index (κ3) is 6.10. The Bertz CT molecular complexity index is 1200. The van der Waals surface area contributed by atoms with E-state index in [-0.39, 0.29) is 49.2 Å². The standard InChI is InChI=1S/C29H37N5O7/c30-11-17-1-3-18(4-2-17)12-33-13-20-9-22(33)29(39)32-7-8-40-21(14-32)15-34(28(38)19-5-6-19)16-24-27(37)26(36)23(41-24)10-25(35)31-20/h1-4,19-24,26-27,36-37H,5-10,12-16H2,(H,31,35)/t20-,21-,22-,23-,24+,26-,27+/m0/s1. The van der Waals surface area contributed by atoms with Crippen LogP contribution in [0.1, 0.15) is 36.8 Å². The highest BCUT2D eigenvalue weighted by Gasteiger charge is 2.47. The Balaban J connectivity index is 1.26. The van der Waals surface area contributed by atoms with Crippen LogP contribution in [0.25, 0.3) is 0 Å². The second kappa shape index (κ2) is 11.7. The molecule has 0 aromatic heterocycles. The number of nitrogens with one attached hydrogen (secondary N) is 1. The van der Waals surface area contributed by atoms with Gasteiger partial charge in [-0.1, -0.05) is 12.1 Å². The predicted molar refractivity (Wildman–Crippen MR) is 143 cm³/mol. The molecule has 220 valence electrons. The first-order valence-electron chi connectivity index (χ1n) is 14.5. The molecule has 41 heavy (non-hydrogen) atoms. The van der Waals surface area contributed by atoms with E-state index < -0.39 is 36.6 Å². The van der Waals surface area contributed by atoms with Crippen LogP contribution in [0.4, 0.5) is 0 Å². The molecule has 1 saturated carbocycles. The van der Waals surface area contributed by atoms with Crippen LogP contribution in [0.5, 0.6) is 0 Å². The maximum Gasteiger partial charge on any atom is 0.240 e. The lowest BCUT2D eigenvalue weighted by Gasteiger charge is -2.38. The summed E-state index contributed by atoms with van der Waals surface area (Å²) in [6.45, 7) is 2.35. The Kier molecular flexibility index (Phi) is 7.98. The van der Waals surface area contributed by atoms with Gasteiger partial charge >= 0.3 is 0 Å². The number of rotatable bonds is 3. The number of nitrogens with zero attached hydrogens (tertiary/aromatic N) is 4. The van der Waals surface area contributed by atoms with Crippen molar-refractivity contribution < 1.29 is 34.1 Å². The molecule has 0 radical (unpaired) electrons. The smallest absolute Gasteiger partial charge is 0.240 e. The Labute approximate surface area is 238 Å². The summed E-state index contributed by atoms with van der Waals surface area (Å²) in [7, 11) is 0. The molecule has 6 rings (SSSR count). The molecular formula is C29H37N5O7. The number of nitriles is 1. The molecule has 1 aromatic rings. The number of aliphatic hydroxyl groups is 2. The number of likely N-dealkylation sites (tertiary alicyclic amines) is 1. The highest BCUT2D eigenvalue weighted by molar-refractivity contribution is 5.83. The molecule has 1 aromatic carbocycles. The Morgan fingerprint density at radius 3 is 2.54 bits per heavy atom. The molecule has 4 aliphatic heterocycles.